The molecule has 0 spiro atoms. The van der Waals surface area contributed by atoms with Gasteiger partial charge >= 0.3 is 0 Å². The Morgan fingerprint density at radius 3 is 2.73 bits per heavy atom. The molecule has 0 aromatic carbocycles. The molecule has 1 heterocycles. The number of aliphatic imine (C=N–C) groups is 1. The van der Waals surface area contributed by atoms with E-state index in [0.29, 0.717) is 11.9 Å². The minimum Gasteiger partial charge on any atom is -0.397 e. The topological polar surface area (TPSA) is 41.6 Å². The molecule has 2 N–H and O–H groups in total. The van der Waals surface area contributed by atoms with Crippen LogP contribution in [0.4, 0.5) is 0 Å². The average molecular weight is 149 g/mol. The van der Waals surface area contributed by atoms with Gasteiger partial charge in [0.25, 0.3) is 0 Å². The largest absolute Gasteiger partial charge is 0.397 e. The van der Waals surface area contributed by atoms with E-state index in [9.17, 15) is 0 Å². The zero-order valence-electron chi connectivity index (χ0n) is 6.53. The highest BCUT2D eigenvalue weighted by Gasteiger charge is 2.33. The lowest BCUT2D eigenvalue weighted by molar-refractivity contribution is 0.384. The van der Waals surface area contributed by atoms with E-state index in [0.717, 1.165) is 19.0 Å². The molecule has 3 nitrogen and oxygen atoms in total. The molecule has 0 saturated heterocycles. The minimum absolute atomic E-state index is 0.488. The Morgan fingerprint density at radius 2 is 2.18 bits per heavy atom. The predicted molar refractivity (Wildman–Crippen MR) is 45.2 cm³/mol. The molecule has 0 aromatic heterocycles. The Morgan fingerprint density at radius 1 is 1.45 bits per heavy atom. The monoisotopic (exact) mass is 149 g/mol. The van der Waals surface area contributed by atoms with Gasteiger partial charge in [-0.1, -0.05) is 0 Å². The summed E-state index contributed by atoms with van der Waals surface area (Å²) in [7, 11) is 5.61. The maximum atomic E-state index is 5.61. The van der Waals surface area contributed by atoms with Crippen LogP contribution in [0.25, 0.3) is 0 Å². The number of nitrogens with two attached hydrogens (primary N) is 1. The second-order valence-corrected chi connectivity index (χ2v) is 3.45. The van der Waals surface area contributed by atoms with Gasteiger partial charge in [0.1, 0.15) is 0 Å². The van der Waals surface area contributed by atoms with Gasteiger partial charge in [-0.2, -0.15) is 0 Å². The standard InChI is InChI=1S/C7H12BN3/c8-11-4-6(5-1-2-5)3-10-7(11)9/h5-6H,1-4H2,(H2,9,10). The first-order valence-electron chi connectivity index (χ1n) is 4.09. The molecule has 2 radical (unpaired) electrons. The first-order chi connectivity index (χ1) is 5.27. The zero-order chi connectivity index (χ0) is 7.84. The zero-order valence-corrected chi connectivity index (χ0v) is 6.53. The summed E-state index contributed by atoms with van der Waals surface area (Å²) in [5.41, 5.74) is 5.51. The van der Waals surface area contributed by atoms with Crippen molar-refractivity contribution in [3.8, 4) is 0 Å². The summed E-state index contributed by atoms with van der Waals surface area (Å²) < 4.78 is 0. The summed E-state index contributed by atoms with van der Waals surface area (Å²) in [5.74, 6) is 2.02. The first kappa shape index (κ1) is 7.01. The number of guanidine groups is 1. The van der Waals surface area contributed by atoms with Crippen LogP contribution >= 0.6 is 0 Å². The maximum absolute atomic E-state index is 5.61. The van der Waals surface area contributed by atoms with Crippen LogP contribution in [0, 0.1) is 11.8 Å². The van der Waals surface area contributed by atoms with Crippen molar-refractivity contribution >= 4 is 13.9 Å². The predicted octanol–water partition coefficient (Wildman–Crippen LogP) is -0.274. The van der Waals surface area contributed by atoms with E-state index in [1.165, 1.54) is 12.8 Å². The number of hydrogen-bond acceptors (Lipinski definition) is 3. The Labute approximate surface area is 68.1 Å². The van der Waals surface area contributed by atoms with E-state index in [1.54, 1.807) is 4.81 Å². The van der Waals surface area contributed by atoms with Crippen molar-refractivity contribution in [2.45, 2.75) is 12.8 Å². The molecule has 0 amide bonds. The normalized spacial score (nSPS) is 31.8. The van der Waals surface area contributed by atoms with Crippen LogP contribution in [0.5, 0.6) is 0 Å². The van der Waals surface area contributed by atoms with Gasteiger partial charge in [-0.25, -0.2) is 0 Å². The third-order valence-electron chi connectivity index (χ3n) is 2.50. The molecule has 1 aliphatic carbocycles. The summed E-state index contributed by atoms with van der Waals surface area (Å²) >= 11 is 0. The van der Waals surface area contributed by atoms with Crippen LogP contribution < -0.4 is 5.73 Å². The summed E-state index contributed by atoms with van der Waals surface area (Å²) in [6.07, 6.45) is 2.71. The molecule has 1 fully saturated rings. The molecule has 4 heteroatoms. The third kappa shape index (κ3) is 1.34. The maximum Gasteiger partial charge on any atom is 0.230 e. The second kappa shape index (κ2) is 2.43. The Kier molecular flexibility index (Phi) is 1.55. The molecule has 2 rings (SSSR count). The Hall–Kier alpha value is -0.665. The number of rotatable bonds is 1. The highest BCUT2D eigenvalue weighted by atomic mass is 15.2. The smallest absolute Gasteiger partial charge is 0.230 e. The van der Waals surface area contributed by atoms with Gasteiger partial charge < -0.3 is 10.5 Å². The van der Waals surface area contributed by atoms with Crippen molar-refractivity contribution in [1.29, 1.82) is 0 Å². The van der Waals surface area contributed by atoms with E-state index < -0.39 is 0 Å². The lowest BCUT2D eigenvalue weighted by Crippen LogP contribution is -2.43. The quantitative estimate of drug-likeness (QED) is 0.521. The van der Waals surface area contributed by atoms with Gasteiger partial charge in [-0.15, -0.1) is 0 Å². The molecular formula is C7H12BN3. The molecule has 1 unspecified atom stereocenters. The fourth-order valence-electron chi connectivity index (χ4n) is 1.57. The Bertz CT molecular complexity index is 188. The van der Waals surface area contributed by atoms with E-state index in [4.69, 9.17) is 13.7 Å². The van der Waals surface area contributed by atoms with Gasteiger partial charge in [-0.3, -0.25) is 4.99 Å². The summed E-state index contributed by atoms with van der Waals surface area (Å²) in [4.78, 5) is 5.71. The van der Waals surface area contributed by atoms with Crippen LogP contribution in [0.1, 0.15) is 12.8 Å². The van der Waals surface area contributed by atoms with Crippen LogP contribution in [0.3, 0.4) is 0 Å². The third-order valence-corrected chi connectivity index (χ3v) is 2.50. The van der Waals surface area contributed by atoms with Gasteiger partial charge in [-0.05, 0) is 24.7 Å². The van der Waals surface area contributed by atoms with E-state index in [-0.39, 0.29) is 0 Å². The molecular weight excluding hydrogens is 137 g/mol. The van der Waals surface area contributed by atoms with Crippen molar-refractivity contribution in [3.63, 3.8) is 0 Å². The molecule has 0 bridgehead atoms. The highest BCUT2D eigenvalue weighted by molar-refractivity contribution is 6.14. The summed E-state index contributed by atoms with van der Waals surface area (Å²) in [6.45, 7) is 1.77. The molecule has 0 aromatic rings. The molecule has 1 atom stereocenters. The van der Waals surface area contributed by atoms with Gasteiger partial charge in [0.15, 0.2) is 5.96 Å². The highest BCUT2D eigenvalue weighted by Crippen LogP contribution is 2.37. The fourth-order valence-corrected chi connectivity index (χ4v) is 1.57. The fraction of sp³-hybridized carbons (Fsp3) is 0.857. The molecule has 1 aliphatic heterocycles. The lowest BCUT2D eigenvalue weighted by Gasteiger charge is -2.29. The number of nitrogens with zero attached hydrogens (tertiary/aromatic N) is 2. The van der Waals surface area contributed by atoms with Crippen molar-refractivity contribution in [1.82, 2.24) is 4.81 Å². The van der Waals surface area contributed by atoms with Gasteiger partial charge in [0, 0.05) is 13.1 Å². The van der Waals surface area contributed by atoms with Crippen molar-refractivity contribution in [2.75, 3.05) is 13.1 Å². The van der Waals surface area contributed by atoms with Crippen LogP contribution in [0.15, 0.2) is 4.99 Å². The lowest BCUT2D eigenvalue weighted by atomic mass is 10.0. The average Bonchev–Trinajstić information content (AvgIpc) is 2.77. The van der Waals surface area contributed by atoms with Crippen molar-refractivity contribution in [3.05, 3.63) is 0 Å². The summed E-state index contributed by atoms with van der Waals surface area (Å²) in [5, 5.41) is 0. The first-order valence-corrected chi connectivity index (χ1v) is 4.09. The van der Waals surface area contributed by atoms with Crippen LogP contribution in [0.2, 0.25) is 0 Å². The summed E-state index contributed by atoms with van der Waals surface area (Å²) in [6, 6.07) is 0. The number of hydrogen-bond donors (Lipinski definition) is 1. The van der Waals surface area contributed by atoms with Crippen LogP contribution in [-0.2, 0) is 0 Å². The van der Waals surface area contributed by atoms with Crippen LogP contribution in [-0.4, -0.2) is 31.8 Å². The Balaban J connectivity index is 1.98. The van der Waals surface area contributed by atoms with Crippen molar-refractivity contribution < 1.29 is 0 Å². The molecule has 58 valence electrons. The minimum atomic E-state index is 0.488. The van der Waals surface area contributed by atoms with E-state index in [1.807, 2.05) is 0 Å². The molecule has 11 heavy (non-hydrogen) atoms. The van der Waals surface area contributed by atoms with Gasteiger partial charge in [0.2, 0.25) is 7.98 Å². The van der Waals surface area contributed by atoms with E-state index in [2.05, 4.69) is 4.99 Å². The second-order valence-electron chi connectivity index (χ2n) is 3.45. The molecule has 2 aliphatic rings. The van der Waals surface area contributed by atoms with Gasteiger partial charge in [0.05, 0.1) is 0 Å². The van der Waals surface area contributed by atoms with Crippen molar-refractivity contribution in [2.24, 2.45) is 22.6 Å². The van der Waals surface area contributed by atoms with E-state index >= 15 is 0 Å². The SMILES string of the molecule is [B]N1CC(C2CC2)CN=C1N. The molecule has 1 saturated carbocycles.